The van der Waals surface area contributed by atoms with Crippen LogP contribution >= 0.6 is 11.3 Å². The van der Waals surface area contributed by atoms with E-state index in [1.54, 1.807) is 29.8 Å². The van der Waals surface area contributed by atoms with Crippen LogP contribution in [-0.4, -0.2) is 38.9 Å². The van der Waals surface area contributed by atoms with Gasteiger partial charge in [-0.3, -0.25) is 10.1 Å². The van der Waals surface area contributed by atoms with Gasteiger partial charge < -0.3 is 9.72 Å². The summed E-state index contributed by atoms with van der Waals surface area (Å²) < 4.78 is 4.72. The van der Waals surface area contributed by atoms with Crippen LogP contribution in [0.1, 0.15) is 22.1 Å². The van der Waals surface area contributed by atoms with Crippen LogP contribution in [0, 0.1) is 0 Å². The van der Waals surface area contributed by atoms with Gasteiger partial charge in [0.05, 0.1) is 18.2 Å². The van der Waals surface area contributed by atoms with E-state index < -0.39 is 11.9 Å². The van der Waals surface area contributed by atoms with Gasteiger partial charge in [-0.15, -0.1) is 11.3 Å². The summed E-state index contributed by atoms with van der Waals surface area (Å²) in [6.07, 6.45) is 3.24. The molecule has 4 aromatic rings. The van der Waals surface area contributed by atoms with Crippen LogP contribution in [0.4, 0.5) is 5.13 Å². The van der Waals surface area contributed by atoms with E-state index in [1.807, 2.05) is 6.07 Å². The van der Waals surface area contributed by atoms with Crippen molar-refractivity contribution in [2.45, 2.75) is 0 Å². The van der Waals surface area contributed by atoms with Gasteiger partial charge in [-0.25, -0.2) is 19.7 Å². The molecular formula is C18H15N5O3S. The van der Waals surface area contributed by atoms with E-state index in [4.69, 9.17) is 4.74 Å². The van der Waals surface area contributed by atoms with Crippen LogP contribution in [0.5, 0.6) is 0 Å². The number of esters is 1. The van der Waals surface area contributed by atoms with Gasteiger partial charge in [0.15, 0.2) is 5.13 Å². The molecule has 1 aromatic carbocycles. The number of ether oxygens (including phenoxy) is 1. The van der Waals surface area contributed by atoms with E-state index >= 15 is 0 Å². The Labute approximate surface area is 158 Å². The number of anilines is 1. The van der Waals surface area contributed by atoms with Crippen LogP contribution in [0.3, 0.4) is 0 Å². The lowest BCUT2D eigenvalue weighted by molar-refractivity contribution is 0.0597. The zero-order valence-electron chi connectivity index (χ0n) is 14.1. The standard InChI is InChI=1S/C18H13N5O3S.H2/c1-26-17(25)11-5-3-2-4-10(11)16(24)23-18-22-13(8-27-18)14-12-6-7-19-15(12)21-9-20-14;/h2-9H,1H3,(H,19,20,21)(H,22,23,24);1H. The lowest BCUT2D eigenvalue weighted by Gasteiger charge is -2.06. The molecule has 0 aliphatic heterocycles. The molecule has 0 spiro atoms. The molecule has 0 unspecified atom stereocenters. The maximum Gasteiger partial charge on any atom is 0.338 e. The molecule has 4 rings (SSSR count). The Morgan fingerprint density at radius 2 is 2.00 bits per heavy atom. The quantitative estimate of drug-likeness (QED) is 0.525. The topological polar surface area (TPSA) is 110 Å². The molecule has 3 aromatic heterocycles. The fourth-order valence-electron chi connectivity index (χ4n) is 2.65. The van der Waals surface area contributed by atoms with E-state index in [-0.39, 0.29) is 12.6 Å². The Hall–Kier alpha value is -3.59. The Kier molecular flexibility index (Phi) is 4.35. The molecule has 136 valence electrons. The van der Waals surface area contributed by atoms with E-state index in [0.29, 0.717) is 22.2 Å². The van der Waals surface area contributed by atoms with Gasteiger partial charge in [0.2, 0.25) is 0 Å². The van der Waals surface area contributed by atoms with Crippen molar-refractivity contribution < 1.29 is 15.8 Å². The number of carbonyl (C=O) groups excluding carboxylic acids is 2. The number of thiazole rings is 1. The number of nitrogens with one attached hydrogen (secondary N) is 2. The summed E-state index contributed by atoms with van der Waals surface area (Å²) in [7, 11) is 1.27. The lowest BCUT2D eigenvalue weighted by atomic mass is 10.1. The third kappa shape index (κ3) is 3.15. The summed E-state index contributed by atoms with van der Waals surface area (Å²) in [6, 6.07) is 8.32. The summed E-state index contributed by atoms with van der Waals surface area (Å²) >= 11 is 1.27. The summed E-state index contributed by atoms with van der Waals surface area (Å²) in [5.74, 6) is -1.01. The second-order valence-electron chi connectivity index (χ2n) is 5.49. The lowest BCUT2D eigenvalue weighted by Crippen LogP contribution is -2.17. The smallest absolute Gasteiger partial charge is 0.338 e. The molecule has 3 heterocycles. The van der Waals surface area contributed by atoms with Gasteiger partial charge in [0, 0.05) is 18.4 Å². The maximum atomic E-state index is 12.6. The van der Waals surface area contributed by atoms with Crippen LogP contribution in [0.15, 0.2) is 48.2 Å². The first-order chi connectivity index (χ1) is 13.2. The minimum atomic E-state index is -0.573. The zero-order valence-corrected chi connectivity index (χ0v) is 14.9. The molecule has 27 heavy (non-hydrogen) atoms. The van der Waals surface area contributed by atoms with E-state index in [0.717, 1.165) is 5.39 Å². The van der Waals surface area contributed by atoms with Crippen molar-refractivity contribution in [3.05, 3.63) is 59.4 Å². The summed E-state index contributed by atoms with van der Waals surface area (Å²) in [5, 5.41) is 5.77. The number of amides is 1. The minimum Gasteiger partial charge on any atom is -0.465 e. The van der Waals surface area contributed by atoms with Crippen molar-refractivity contribution >= 4 is 39.4 Å². The van der Waals surface area contributed by atoms with E-state index in [2.05, 4.69) is 25.3 Å². The molecule has 0 aliphatic carbocycles. The third-order valence-electron chi connectivity index (χ3n) is 3.90. The number of hydrogen-bond donors (Lipinski definition) is 2. The number of methoxy groups -OCH3 is 1. The SMILES string of the molecule is COC(=O)c1ccccc1C(=O)Nc1nc(-c2ncnc3[nH]ccc23)cs1.[HH]. The molecule has 2 N–H and O–H groups in total. The fraction of sp³-hybridized carbons (Fsp3) is 0.0556. The third-order valence-corrected chi connectivity index (χ3v) is 4.66. The highest BCUT2D eigenvalue weighted by Crippen LogP contribution is 2.28. The molecule has 0 fully saturated rings. The molecule has 8 nitrogen and oxygen atoms in total. The molecule has 0 atom stereocenters. The fourth-order valence-corrected chi connectivity index (χ4v) is 3.34. The molecule has 0 saturated heterocycles. The highest BCUT2D eigenvalue weighted by Gasteiger charge is 2.18. The van der Waals surface area contributed by atoms with Gasteiger partial charge in [-0.1, -0.05) is 12.1 Å². The summed E-state index contributed by atoms with van der Waals surface area (Å²) in [6.45, 7) is 0. The maximum absolute atomic E-state index is 12.6. The predicted octanol–water partition coefficient (Wildman–Crippen LogP) is 3.37. The van der Waals surface area contributed by atoms with Crippen LogP contribution < -0.4 is 5.32 Å². The average Bonchev–Trinajstić information content (AvgIpc) is 3.36. The minimum absolute atomic E-state index is 0. The van der Waals surface area contributed by atoms with Crippen molar-refractivity contribution in [3.8, 4) is 11.4 Å². The Bertz CT molecular complexity index is 1160. The second kappa shape index (κ2) is 6.96. The summed E-state index contributed by atoms with van der Waals surface area (Å²) in [5.41, 5.74) is 2.43. The zero-order chi connectivity index (χ0) is 18.8. The highest BCUT2D eigenvalue weighted by atomic mass is 32.1. The molecule has 0 bridgehead atoms. The van der Waals surface area contributed by atoms with Gasteiger partial charge in [0.25, 0.3) is 5.91 Å². The van der Waals surface area contributed by atoms with Crippen LogP contribution in [0.25, 0.3) is 22.4 Å². The van der Waals surface area contributed by atoms with E-state index in [9.17, 15) is 9.59 Å². The van der Waals surface area contributed by atoms with Gasteiger partial charge in [0.1, 0.15) is 23.4 Å². The Morgan fingerprint density at radius 1 is 1.19 bits per heavy atom. The molecule has 9 heteroatoms. The van der Waals surface area contributed by atoms with Crippen LogP contribution in [0.2, 0.25) is 0 Å². The largest absolute Gasteiger partial charge is 0.465 e. The summed E-state index contributed by atoms with van der Waals surface area (Å²) in [4.78, 5) is 40.3. The normalized spacial score (nSPS) is 10.7. The molecule has 1 amide bonds. The number of hydrogen-bond acceptors (Lipinski definition) is 7. The number of benzene rings is 1. The number of H-pyrrole nitrogens is 1. The average molecular weight is 381 g/mol. The number of aromatic nitrogens is 4. The van der Waals surface area contributed by atoms with E-state index in [1.165, 1.54) is 30.8 Å². The molecule has 0 saturated carbocycles. The van der Waals surface area contributed by atoms with Crippen molar-refractivity contribution in [2.24, 2.45) is 0 Å². The van der Waals surface area contributed by atoms with Crippen molar-refractivity contribution in [1.82, 2.24) is 19.9 Å². The first kappa shape index (κ1) is 16.9. The van der Waals surface area contributed by atoms with Crippen molar-refractivity contribution in [2.75, 3.05) is 12.4 Å². The highest BCUT2D eigenvalue weighted by molar-refractivity contribution is 7.14. The van der Waals surface area contributed by atoms with Crippen molar-refractivity contribution in [3.63, 3.8) is 0 Å². The van der Waals surface area contributed by atoms with Crippen molar-refractivity contribution in [1.29, 1.82) is 0 Å². The number of nitrogens with zero attached hydrogens (tertiary/aromatic N) is 3. The number of carbonyl (C=O) groups is 2. The van der Waals surface area contributed by atoms with Gasteiger partial charge in [-0.05, 0) is 18.2 Å². The molecule has 0 aliphatic rings. The Balaban J connectivity index is 0.00000225. The second-order valence-corrected chi connectivity index (χ2v) is 6.35. The Morgan fingerprint density at radius 3 is 2.81 bits per heavy atom. The number of rotatable bonds is 4. The monoisotopic (exact) mass is 381 g/mol. The first-order valence-corrected chi connectivity index (χ1v) is 8.78. The van der Waals surface area contributed by atoms with Gasteiger partial charge in [-0.2, -0.15) is 0 Å². The number of aromatic amines is 1. The predicted molar refractivity (Wildman–Crippen MR) is 103 cm³/mol. The van der Waals surface area contributed by atoms with Gasteiger partial charge >= 0.3 is 5.97 Å². The van der Waals surface area contributed by atoms with Crippen LogP contribution in [-0.2, 0) is 4.74 Å². The molecule has 0 radical (unpaired) electrons. The molecular weight excluding hydrogens is 366 g/mol. The first-order valence-electron chi connectivity index (χ1n) is 7.90. The number of fused-ring (bicyclic) bond motifs is 1.